The van der Waals surface area contributed by atoms with Crippen molar-refractivity contribution in [2.75, 3.05) is 34.4 Å². The molecule has 0 bridgehead atoms. The second-order valence-corrected chi connectivity index (χ2v) is 8.67. The molecule has 0 spiro atoms. The van der Waals surface area contributed by atoms with Gasteiger partial charge in [0.05, 0.1) is 11.9 Å². The van der Waals surface area contributed by atoms with Gasteiger partial charge in [0.1, 0.15) is 19.3 Å². The zero-order valence-electron chi connectivity index (χ0n) is 16.8. The summed E-state index contributed by atoms with van der Waals surface area (Å²) in [5, 5.41) is 5.31. The zero-order valence-corrected chi connectivity index (χ0v) is 17.7. The molecule has 0 saturated heterocycles. The van der Waals surface area contributed by atoms with E-state index in [4.69, 9.17) is 9.47 Å². The van der Waals surface area contributed by atoms with Crippen molar-refractivity contribution in [2.45, 2.75) is 19.9 Å². The van der Waals surface area contributed by atoms with Gasteiger partial charge in [0.15, 0.2) is 11.5 Å². The molecule has 1 aliphatic rings. The molecule has 2 aromatic rings. The average molecular weight is 433 g/mol. The van der Waals surface area contributed by atoms with Gasteiger partial charge in [-0.1, -0.05) is 6.07 Å². The van der Waals surface area contributed by atoms with Crippen molar-refractivity contribution in [3.8, 4) is 11.5 Å². The number of nitrogens with one attached hydrogen (secondary N) is 2. The summed E-state index contributed by atoms with van der Waals surface area (Å²) in [6, 6.07) is 10.2. The van der Waals surface area contributed by atoms with E-state index in [1.165, 1.54) is 19.9 Å². The highest BCUT2D eigenvalue weighted by Gasteiger charge is 2.30. The molecule has 160 valence electrons. The lowest BCUT2D eigenvalue weighted by molar-refractivity contribution is -0.117. The van der Waals surface area contributed by atoms with Gasteiger partial charge in [-0.15, -0.1) is 0 Å². The standard InChI is InChI=1S/C20H23N3O6S/c1-13(20(25)22-16-6-4-5-15(11-16)21-14(2)24)23(30(3,26)27)17-7-8-18-19(12-17)29-10-9-28-18/h4-8,11-13H,9-10H2,1-3H3,(H,21,24)(H,22,25)/t13-/m0/s1. The molecular formula is C20H23N3O6S. The molecule has 1 heterocycles. The largest absolute Gasteiger partial charge is 0.486 e. The summed E-state index contributed by atoms with van der Waals surface area (Å²) >= 11 is 0. The van der Waals surface area contributed by atoms with Crippen molar-refractivity contribution in [3.05, 3.63) is 42.5 Å². The van der Waals surface area contributed by atoms with Gasteiger partial charge in [0.2, 0.25) is 21.8 Å². The molecule has 1 atom stereocenters. The Morgan fingerprint density at radius 2 is 1.63 bits per heavy atom. The molecule has 2 amide bonds. The Labute approximate surface area is 175 Å². The topological polar surface area (TPSA) is 114 Å². The summed E-state index contributed by atoms with van der Waals surface area (Å²) in [6.07, 6.45) is 1.03. The third-order valence-corrected chi connectivity index (χ3v) is 5.56. The molecule has 2 N–H and O–H groups in total. The fourth-order valence-corrected chi connectivity index (χ4v) is 4.27. The van der Waals surface area contributed by atoms with E-state index in [2.05, 4.69) is 10.6 Å². The monoisotopic (exact) mass is 433 g/mol. The van der Waals surface area contributed by atoms with Crippen LogP contribution in [0.3, 0.4) is 0 Å². The Hall–Kier alpha value is -3.27. The molecule has 2 aromatic carbocycles. The molecule has 0 radical (unpaired) electrons. The van der Waals surface area contributed by atoms with E-state index >= 15 is 0 Å². The Balaban J connectivity index is 1.85. The van der Waals surface area contributed by atoms with Crippen LogP contribution in [0.15, 0.2) is 42.5 Å². The van der Waals surface area contributed by atoms with E-state index in [1.807, 2.05) is 0 Å². The Kier molecular flexibility index (Phi) is 6.16. The minimum Gasteiger partial charge on any atom is -0.486 e. The number of amides is 2. The van der Waals surface area contributed by atoms with Crippen molar-refractivity contribution in [1.82, 2.24) is 0 Å². The maximum Gasteiger partial charge on any atom is 0.247 e. The van der Waals surface area contributed by atoms with Crippen LogP contribution in [-0.2, 0) is 19.6 Å². The fraction of sp³-hybridized carbons (Fsp3) is 0.300. The van der Waals surface area contributed by atoms with E-state index in [9.17, 15) is 18.0 Å². The molecule has 0 aromatic heterocycles. The summed E-state index contributed by atoms with van der Waals surface area (Å²) in [5.74, 6) is 0.164. The number of fused-ring (bicyclic) bond motifs is 1. The van der Waals surface area contributed by atoms with Gasteiger partial charge >= 0.3 is 0 Å². The molecule has 10 heteroatoms. The lowest BCUT2D eigenvalue weighted by Crippen LogP contribution is -2.45. The summed E-state index contributed by atoms with van der Waals surface area (Å²) in [5.41, 5.74) is 1.23. The molecule has 9 nitrogen and oxygen atoms in total. The third-order valence-electron chi connectivity index (χ3n) is 4.32. The van der Waals surface area contributed by atoms with Crippen molar-refractivity contribution >= 4 is 38.9 Å². The molecule has 30 heavy (non-hydrogen) atoms. The number of ether oxygens (including phenoxy) is 2. The van der Waals surface area contributed by atoms with Gasteiger partial charge in [-0.25, -0.2) is 8.42 Å². The average Bonchev–Trinajstić information content (AvgIpc) is 2.66. The SMILES string of the molecule is CC(=O)Nc1cccc(NC(=O)[C@H](C)N(c2ccc3c(c2)OCCO3)S(C)(=O)=O)c1. The minimum absolute atomic E-state index is 0.242. The number of carbonyl (C=O) groups is 2. The summed E-state index contributed by atoms with van der Waals surface area (Å²) in [6.45, 7) is 3.64. The summed E-state index contributed by atoms with van der Waals surface area (Å²) in [4.78, 5) is 24.1. The van der Waals surface area contributed by atoms with Gasteiger partial charge in [-0.3, -0.25) is 13.9 Å². The highest BCUT2D eigenvalue weighted by molar-refractivity contribution is 7.92. The van der Waals surface area contributed by atoms with Crippen LogP contribution in [0, 0.1) is 0 Å². The highest BCUT2D eigenvalue weighted by Crippen LogP contribution is 2.35. The first-order valence-corrected chi connectivity index (χ1v) is 11.1. The normalized spacial score (nSPS) is 13.8. The van der Waals surface area contributed by atoms with E-state index in [-0.39, 0.29) is 11.6 Å². The smallest absolute Gasteiger partial charge is 0.247 e. The van der Waals surface area contributed by atoms with Gasteiger partial charge in [-0.2, -0.15) is 0 Å². The maximum absolute atomic E-state index is 12.8. The lowest BCUT2D eigenvalue weighted by Gasteiger charge is -2.29. The third kappa shape index (κ3) is 5.01. The number of hydrogen-bond acceptors (Lipinski definition) is 6. The van der Waals surface area contributed by atoms with E-state index < -0.39 is 22.0 Å². The second-order valence-electron chi connectivity index (χ2n) is 6.81. The second kappa shape index (κ2) is 8.62. The molecule has 0 saturated carbocycles. The predicted octanol–water partition coefficient (Wildman–Crippen LogP) is 2.21. The van der Waals surface area contributed by atoms with Crippen LogP contribution in [0.2, 0.25) is 0 Å². The molecule has 1 aliphatic heterocycles. The molecule has 0 fully saturated rings. The van der Waals surface area contributed by atoms with Crippen molar-refractivity contribution in [3.63, 3.8) is 0 Å². The predicted molar refractivity (Wildman–Crippen MR) is 114 cm³/mol. The van der Waals surface area contributed by atoms with Crippen molar-refractivity contribution < 1.29 is 27.5 Å². The number of anilines is 3. The van der Waals surface area contributed by atoms with E-state index in [1.54, 1.807) is 36.4 Å². The molecule has 3 rings (SSSR count). The fourth-order valence-electron chi connectivity index (χ4n) is 3.10. The lowest BCUT2D eigenvalue weighted by atomic mass is 10.2. The number of hydrogen-bond donors (Lipinski definition) is 2. The number of carbonyl (C=O) groups excluding carboxylic acids is 2. The molecule has 0 unspecified atom stereocenters. The maximum atomic E-state index is 12.8. The molecular weight excluding hydrogens is 410 g/mol. The minimum atomic E-state index is -3.79. The Bertz CT molecular complexity index is 1070. The zero-order chi connectivity index (χ0) is 21.9. The summed E-state index contributed by atoms with van der Waals surface area (Å²) < 4.78 is 37.0. The first kappa shape index (κ1) is 21.4. The van der Waals surface area contributed by atoms with Crippen LogP contribution in [0.5, 0.6) is 11.5 Å². The Morgan fingerprint density at radius 1 is 1.00 bits per heavy atom. The van der Waals surface area contributed by atoms with Crippen LogP contribution in [-0.4, -0.2) is 45.7 Å². The van der Waals surface area contributed by atoms with Gasteiger partial charge < -0.3 is 20.1 Å². The van der Waals surface area contributed by atoms with E-state index in [0.29, 0.717) is 36.1 Å². The number of sulfonamides is 1. The van der Waals surface area contributed by atoms with Gasteiger partial charge in [0.25, 0.3) is 0 Å². The number of benzene rings is 2. The van der Waals surface area contributed by atoms with E-state index in [0.717, 1.165) is 10.6 Å². The number of rotatable bonds is 6. The first-order chi connectivity index (χ1) is 14.1. The van der Waals surface area contributed by atoms with Crippen LogP contribution in [0.4, 0.5) is 17.1 Å². The van der Waals surface area contributed by atoms with Crippen molar-refractivity contribution in [2.24, 2.45) is 0 Å². The van der Waals surface area contributed by atoms with Crippen LogP contribution >= 0.6 is 0 Å². The molecule has 0 aliphatic carbocycles. The Morgan fingerprint density at radius 3 is 2.27 bits per heavy atom. The number of nitrogens with zero attached hydrogens (tertiary/aromatic N) is 1. The quantitative estimate of drug-likeness (QED) is 0.722. The van der Waals surface area contributed by atoms with Crippen LogP contribution < -0.4 is 24.4 Å². The highest BCUT2D eigenvalue weighted by atomic mass is 32.2. The van der Waals surface area contributed by atoms with Crippen molar-refractivity contribution in [1.29, 1.82) is 0 Å². The van der Waals surface area contributed by atoms with Gasteiger partial charge in [0, 0.05) is 24.4 Å². The summed E-state index contributed by atoms with van der Waals surface area (Å²) in [7, 11) is -3.79. The van der Waals surface area contributed by atoms with Crippen LogP contribution in [0.1, 0.15) is 13.8 Å². The van der Waals surface area contributed by atoms with Gasteiger partial charge in [-0.05, 0) is 37.3 Å². The van der Waals surface area contributed by atoms with Crippen LogP contribution in [0.25, 0.3) is 0 Å². The first-order valence-electron chi connectivity index (χ1n) is 9.23.